The van der Waals surface area contributed by atoms with Crippen molar-refractivity contribution in [1.82, 2.24) is 19.7 Å². The number of piperidine rings is 1. The molecule has 0 unspecified atom stereocenters. The largest absolute Gasteiger partial charge is 0.496 e. The lowest BCUT2D eigenvalue weighted by Gasteiger charge is -2.32. The number of likely N-dealkylation sites (tertiary alicyclic amines) is 1. The van der Waals surface area contributed by atoms with E-state index in [1.165, 1.54) is 11.9 Å². The minimum atomic E-state index is -0.0990. The van der Waals surface area contributed by atoms with Crippen LogP contribution in [-0.2, 0) is 11.2 Å². The predicted octanol–water partition coefficient (Wildman–Crippen LogP) is 5.24. The van der Waals surface area contributed by atoms with Crippen molar-refractivity contribution >= 4 is 33.4 Å². The second kappa shape index (κ2) is 11.6. The Labute approximate surface area is 229 Å². The molecule has 0 spiro atoms. The van der Waals surface area contributed by atoms with E-state index < -0.39 is 0 Å². The number of carbonyl (C=O) groups is 2. The molecule has 1 aliphatic heterocycles. The summed E-state index contributed by atoms with van der Waals surface area (Å²) in [7, 11) is 1.60. The number of hydrogen-bond acceptors (Lipinski definition) is 5. The number of ether oxygens (including phenoxy) is 1. The number of anilines is 1. The molecule has 2 heterocycles. The molecule has 1 fully saturated rings. The quantitative estimate of drug-likeness (QED) is 0.326. The zero-order valence-corrected chi connectivity index (χ0v) is 22.6. The number of rotatable bonds is 7. The molecule has 0 atom stereocenters. The van der Waals surface area contributed by atoms with Gasteiger partial charge in [0, 0.05) is 34.4 Å². The number of benzene rings is 3. The Kier molecular flexibility index (Phi) is 7.83. The van der Waals surface area contributed by atoms with Gasteiger partial charge in [0.2, 0.25) is 5.91 Å². The number of hydrogen-bond donors (Lipinski definition) is 1. The average Bonchev–Trinajstić information content (AvgIpc) is 3.49. The lowest BCUT2D eigenvalue weighted by Crippen LogP contribution is -2.37. The molecule has 1 aromatic heterocycles. The van der Waals surface area contributed by atoms with Gasteiger partial charge < -0.3 is 15.0 Å². The van der Waals surface area contributed by atoms with Crippen molar-refractivity contribution < 1.29 is 14.3 Å². The van der Waals surface area contributed by atoms with Crippen LogP contribution >= 0.6 is 15.9 Å². The van der Waals surface area contributed by atoms with Gasteiger partial charge in [-0.15, -0.1) is 0 Å². The molecule has 0 saturated carbocycles. The normalized spacial score (nSPS) is 13.8. The molecule has 3 aromatic carbocycles. The number of nitrogens with zero attached hydrogens (tertiary/aromatic N) is 4. The van der Waals surface area contributed by atoms with E-state index in [0.717, 1.165) is 34.3 Å². The highest BCUT2D eigenvalue weighted by Crippen LogP contribution is 2.30. The van der Waals surface area contributed by atoms with Crippen molar-refractivity contribution in [3.8, 4) is 11.4 Å². The van der Waals surface area contributed by atoms with Crippen molar-refractivity contribution in [3.05, 3.63) is 101 Å². The Balaban J connectivity index is 1.15. The Hall–Kier alpha value is -3.98. The molecule has 4 aromatic rings. The molecular weight excluding hydrogens is 546 g/mol. The third-order valence-corrected chi connectivity index (χ3v) is 7.32. The topological polar surface area (TPSA) is 89.4 Å². The summed E-state index contributed by atoms with van der Waals surface area (Å²) < 4.78 is 7.94. The van der Waals surface area contributed by atoms with E-state index in [0.29, 0.717) is 30.3 Å². The molecule has 0 radical (unpaired) electrons. The van der Waals surface area contributed by atoms with E-state index in [2.05, 4.69) is 43.5 Å². The molecular formula is C29H28BrN5O3. The highest BCUT2D eigenvalue weighted by Gasteiger charge is 2.25. The first-order valence-corrected chi connectivity index (χ1v) is 13.3. The first kappa shape index (κ1) is 25.7. The van der Waals surface area contributed by atoms with E-state index in [1.54, 1.807) is 18.1 Å². The van der Waals surface area contributed by atoms with Crippen LogP contribution in [0.25, 0.3) is 5.69 Å². The lowest BCUT2D eigenvalue weighted by atomic mass is 9.89. The highest BCUT2D eigenvalue weighted by molar-refractivity contribution is 9.10. The van der Waals surface area contributed by atoms with Crippen LogP contribution < -0.4 is 10.1 Å². The van der Waals surface area contributed by atoms with Gasteiger partial charge in [-0.1, -0.05) is 40.2 Å². The minimum absolute atomic E-state index is 0.0332. The fraction of sp³-hybridized carbons (Fsp3) is 0.241. The van der Waals surface area contributed by atoms with Gasteiger partial charge in [0.05, 0.1) is 19.2 Å². The maximum absolute atomic E-state index is 13.1. The van der Waals surface area contributed by atoms with Crippen molar-refractivity contribution in [1.29, 1.82) is 0 Å². The number of nitrogens with one attached hydrogen (secondary N) is 1. The molecule has 2 amide bonds. The monoisotopic (exact) mass is 573 g/mol. The number of aromatic nitrogens is 3. The van der Waals surface area contributed by atoms with E-state index in [4.69, 9.17) is 4.74 Å². The van der Waals surface area contributed by atoms with Gasteiger partial charge in [-0.05, 0) is 66.8 Å². The lowest BCUT2D eigenvalue weighted by molar-refractivity contribution is -0.115. The van der Waals surface area contributed by atoms with Gasteiger partial charge in [-0.2, -0.15) is 5.10 Å². The summed E-state index contributed by atoms with van der Waals surface area (Å²) in [6.07, 6.45) is 5.10. The van der Waals surface area contributed by atoms with E-state index >= 15 is 0 Å². The zero-order valence-electron chi connectivity index (χ0n) is 21.0. The zero-order chi connectivity index (χ0) is 26.5. The number of carbonyl (C=O) groups excluding carboxylic acids is 2. The molecule has 5 rings (SSSR count). The molecule has 8 nitrogen and oxygen atoms in total. The Morgan fingerprint density at radius 2 is 1.84 bits per heavy atom. The summed E-state index contributed by atoms with van der Waals surface area (Å²) in [5.74, 6) is 0.985. The summed E-state index contributed by atoms with van der Waals surface area (Å²) in [5.41, 5.74) is 4.27. The first-order chi connectivity index (χ1) is 18.5. The van der Waals surface area contributed by atoms with Gasteiger partial charge >= 0.3 is 0 Å². The fourth-order valence-electron chi connectivity index (χ4n) is 4.80. The van der Waals surface area contributed by atoms with Crippen LogP contribution in [0.15, 0.2) is 83.9 Å². The van der Waals surface area contributed by atoms with Crippen LogP contribution in [0, 0.1) is 0 Å². The van der Waals surface area contributed by atoms with Gasteiger partial charge in [0.1, 0.15) is 18.4 Å². The van der Waals surface area contributed by atoms with Gasteiger partial charge in [-0.3, -0.25) is 9.59 Å². The molecule has 1 aliphatic rings. The second-order valence-electron chi connectivity index (χ2n) is 9.26. The van der Waals surface area contributed by atoms with Crippen LogP contribution in [0.2, 0.25) is 0 Å². The molecule has 38 heavy (non-hydrogen) atoms. The smallest absolute Gasteiger partial charge is 0.253 e. The molecule has 0 bridgehead atoms. The predicted molar refractivity (Wildman–Crippen MR) is 149 cm³/mol. The molecule has 0 aliphatic carbocycles. The van der Waals surface area contributed by atoms with Crippen molar-refractivity contribution in [3.63, 3.8) is 0 Å². The Morgan fingerprint density at radius 1 is 1.05 bits per heavy atom. The summed E-state index contributed by atoms with van der Waals surface area (Å²) in [4.78, 5) is 31.6. The second-order valence-corrected chi connectivity index (χ2v) is 10.2. The van der Waals surface area contributed by atoms with Crippen LogP contribution in [0.3, 0.4) is 0 Å². The highest BCUT2D eigenvalue weighted by atomic mass is 79.9. The third kappa shape index (κ3) is 5.94. The van der Waals surface area contributed by atoms with Gasteiger partial charge in [0.15, 0.2) is 0 Å². The first-order valence-electron chi connectivity index (χ1n) is 12.5. The maximum Gasteiger partial charge on any atom is 0.253 e. The van der Waals surface area contributed by atoms with E-state index in [1.807, 2.05) is 59.5 Å². The van der Waals surface area contributed by atoms with Crippen molar-refractivity contribution in [2.45, 2.75) is 25.2 Å². The van der Waals surface area contributed by atoms with Crippen LogP contribution in [0.1, 0.15) is 40.2 Å². The summed E-state index contributed by atoms with van der Waals surface area (Å²) in [5, 5.41) is 7.12. The van der Waals surface area contributed by atoms with Crippen LogP contribution in [0.5, 0.6) is 5.75 Å². The number of halogens is 1. The molecule has 1 saturated heterocycles. The molecule has 9 heteroatoms. The maximum atomic E-state index is 13.1. The summed E-state index contributed by atoms with van der Waals surface area (Å²) in [6, 6.07) is 21.1. The number of amides is 2. The van der Waals surface area contributed by atoms with Crippen LogP contribution in [0.4, 0.5) is 5.69 Å². The van der Waals surface area contributed by atoms with Crippen molar-refractivity contribution in [2.75, 3.05) is 25.5 Å². The molecule has 1 N–H and O–H groups in total. The Morgan fingerprint density at radius 3 is 2.55 bits per heavy atom. The summed E-state index contributed by atoms with van der Waals surface area (Å²) in [6.45, 7) is 1.40. The van der Waals surface area contributed by atoms with Crippen molar-refractivity contribution in [2.24, 2.45) is 0 Å². The number of methoxy groups -OCH3 is 1. The minimum Gasteiger partial charge on any atom is -0.496 e. The summed E-state index contributed by atoms with van der Waals surface area (Å²) >= 11 is 3.42. The average molecular weight is 574 g/mol. The third-order valence-electron chi connectivity index (χ3n) is 6.82. The fourth-order valence-corrected chi connectivity index (χ4v) is 5.14. The Bertz CT molecular complexity index is 1410. The van der Waals surface area contributed by atoms with E-state index in [-0.39, 0.29) is 18.2 Å². The van der Waals surface area contributed by atoms with E-state index in [9.17, 15) is 9.59 Å². The standard InChI is InChI=1S/C29H28BrN5O3/c1-38-27-17-24(30)8-5-22(27)16-28(36)33-25-9-6-20(7-10-25)21-11-13-34(14-12-21)29(37)23-3-2-4-26(15-23)35-19-31-18-32-35/h2-10,15,17-19,21H,11-14,16H2,1H3,(H,33,36). The van der Waals surface area contributed by atoms with Gasteiger partial charge in [0.25, 0.3) is 5.91 Å². The van der Waals surface area contributed by atoms with Gasteiger partial charge in [-0.25, -0.2) is 9.67 Å². The van der Waals surface area contributed by atoms with Crippen LogP contribution in [-0.4, -0.2) is 51.7 Å². The molecule has 194 valence electrons. The SMILES string of the molecule is COc1cc(Br)ccc1CC(=O)Nc1ccc(C2CCN(C(=O)c3cccc(-n4cncn4)c3)CC2)cc1.